The number of nitrogens with zero attached hydrogens (tertiary/aromatic N) is 2. The predicted molar refractivity (Wildman–Crippen MR) is 77.8 cm³/mol. The fourth-order valence-corrected chi connectivity index (χ4v) is 2.38. The molecule has 102 valence electrons. The van der Waals surface area contributed by atoms with Crippen molar-refractivity contribution in [3.8, 4) is 0 Å². The lowest BCUT2D eigenvalue weighted by Crippen LogP contribution is -2.15. The van der Waals surface area contributed by atoms with Crippen LogP contribution in [0.2, 0.25) is 10.3 Å². The van der Waals surface area contributed by atoms with Crippen molar-refractivity contribution in [1.29, 1.82) is 0 Å². The van der Waals surface area contributed by atoms with Crippen LogP contribution >= 0.6 is 23.2 Å². The van der Waals surface area contributed by atoms with Crippen LogP contribution in [0.1, 0.15) is 0 Å². The first-order chi connectivity index (χ1) is 8.85. The van der Waals surface area contributed by atoms with Gasteiger partial charge >= 0.3 is 0 Å². The van der Waals surface area contributed by atoms with Gasteiger partial charge in [-0.3, -0.25) is 0 Å². The third-order valence-electron chi connectivity index (χ3n) is 2.40. The molecule has 2 rings (SSSR count). The number of halogens is 2. The van der Waals surface area contributed by atoms with E-state index < -0.39 is 9.84 Å². The molecule has 1 aromatic carbocycles. The molecule has 1 aromatic heterocycles. The van der Waals surface area contributed by atoms with Crippen LogP contribution in [0.5, 0.6) is 0 Å². The van der Waals surface area contributed by atoms with Gasteiger partial charge in [-0.15, -0.1) is 0 Å². The summed E-state index contributed by atoms with van der Waals surface area (Å²) in [4.78, 5) is 8.12. The Morgan fingerprint density at radius 1 is 1.26 bits per heavy atom. The Morgan fingerprint density at radius 2 is 2.00 bits per heavy atom. The second kappa shape index (κ2) is 5.48. The molecule has 0 aliphatic heterocycles. The van der Waals surface area contributed by atoms with E-state index >= 15 is 0 Å². The van der Waals surface area contributed by atoms with E-state index in [1.54, 1.807) is 18.2 Å². The Labute approximate surface area is 120 Å². The number of anilines is 1. The van der Waals surface area contributed by atoms with Gasteiger partial charge in [0.05, 0.1) is 11.3 Å². The molecule has 0 radical (unpaired) electrons. The quantitative estimate of drug-likeness (QED) is 0.876. The topological polar surface area (TPSA) is 72.0 Å². The van der Waals surface area contributed by atoms with Crippen molar-refractivity contribution in [2.75, 3.05) is 23.9 Å². The first-order valence-electron chi connectivity index (χ1n) is 5.39. The van der Waals surface area contributed by atoms with Crippen molar-refractivity contribution in [1.82, 2.24) is 9.97 Å². The van der Waals surface area contributed by atoms with Crippen LogP contribution in [-0.4, -0.2) is 36.9 Å². The smallest absolute Gasteiger partial charge is 0.224 e. The average Bonchev–Trinajstić information content (AvgIpc) is 2.28. The minimum Gasteiger partial charge on any atom is -0.368 e. The zero-order valence-corrected chi connectivity index (χ0v) is 12.3. The van der Waals surface area contributed by atoms with Gasteiger partial charge in [0, 0.05) is 23.2 Å². The molecular formula is C11H11Cl2N3O2S. The van der Waals surface area contributed by atoms with Crippen molar-refractivity contribution in [3.63, 3.8) is 0 Å². The van der Waals surface area contributed by atoms with Crippen LogP contribution in [0.15, 0.2) is 18.2 Å². The molecule has 1 N–H and O–H groups in total. The molecule has 2 aromatic rings. The van der Waals surface area contributed by atoms with Crippen molar-refractivity contribution in [3.05, 3.63) is 28.5 Å². The second-order valence-corrected chi connectivity index (χ2v) is 7.09. The highest BCUT2D eigenvalue weighted by molar-refractivity contribution is 7.90. The highest BCUT2D eigenvalue weighted by atomic mass is 35.5. The van der Waals surface area contributed by atoms with Crippen molar-refractivity contribution < 1.29 is 8.42 Å². The third-order valence-corrected chi connectivity index (χ3v) is 3.75. The minimum absolute atomic E-state index is 0.0106. The fraction of sp³-hybridized carbons (Fsp3) is 0.273. The van der Waals surface area contributed by atoms with E-state index in [9.17, 15) is 8.42 Å². The van der Waals surface area contributed by atoms with Crippen LogP contribution in [0.3, 0.4) is 0 Å². The van der Waals surface area contributed by atoms with Gasteiger partial charge in [0.25, 0.3) is 0 Å². The molecule has 0 atom stereocenters. The van der Waals surface area contributed by atoms with Crippen LogP contribution in [0, 0.1) is 0 Å². The van der Waals surface area contributed by atoms with Crippen LogP contribution in [0.25, 0.3) is 10.9 Å². The number of sulfone groups is 1. The van der Waals surface area contributed by atoms with Crippen molar-refractivity contribution in [2.45, 2.75) is 0 Å². The van der Waals surface area contributed by atoms with Gasteiger partial charge in [0.1, 0.15) is 15.7 Å². The molecular weight excluding hydrogens is 309 g/mol. The summed E-state index contributed by atoms with van der Waals surface area (Å²) in [5.74, 6) is 0.484. The van der Waals surface area contributed by atoms with E-state index in [0.29, 0.717) is 21.7 Å². The van der Waals surface area contributed by atoms with Gasteiger partial charge in [-0.05, 0) is 29.8 Å². The molecule has 0 spiro atoms. The summed E-state index contributed by atoms with van der Waals surface area (Å²) in [5.41, 5.74) is 0.645. The number of benzene rings is 1. The van der Waals surface area contributed by atoms with Crippen LogP contribution in [-0.2, 0) is 9.84 Å². The molecule has 0 amide bonds. The lowest BCUT2D eigenvalue weighted by atomic mass is 10.2. The van der Waals surface area contributed by atoms with E-state index in [-0.39, 0.29) is 17.6 Å². The summed E-state index contributed by atoms with van der Waals surface area (Å²) >= 11 is 11.7. The van der Waals surface area contributed by atoms with Gasteiger partial charge in [-0.25, -0.2) is 18.4 Å². The molecule has 19 heavy (non-hydrogen) atoms. The molecule has 0 saturated carbocycles. The molecule has 0 aliphatic carbocycles. The Bertz CT molecular complexity index is 719. The summed E-state index contributed by atoms with van der Waals surface area (Å²) in [5, 5.41) is 4.28. The number of fused-ring (bicyclic) bond motifs is 1. The summed E-state index contributed by atoms with van der Waals surface area (Å²) in [6, 6.07) is 5.14. The molecule has 0 bridgehead atoms. The largest absolute Gasteiger partial charge is 0.368 e. The molecule has 0 fully saturated rings. The SMILES string of the molecule is CS(=O)(=O)CCNc1nc(Cl)nc2ccc(Cl)cc12. The van der Waals surface area contributed by atoms with E-state index in [1.165, 1.54) is 6.26 Å². The Hall–Kier alpha value is -1.11. The van der Waals surface area contributed by atoms with Gasteiger partial charge < -0.3 is 5.32 Å². The number of nitrogens with one attached hydrogen (secondary N) is 1. The van der Waals surface area contributed by atoms with E-state index in [1.807, 2.05) is 0 Å². The first kappa shape index (κ1) is 14.3. The minimum atomic E-state index is -3.03. The highest BCUT2D eigenvalue weighted by Crippen LogP contribution is 2.25. The lowest BCUT2D eigenvalue weighted by Gasteiger charge is -2.08. The molecule has 0 saturated heterocycles. The molecule has 0 unspecified atom stereocenters. The Morgan fingerprint density at radius 3 is 2.68 bits per heavy atom. The van der Waals surface area contributed by atoms with Gasteiger partial charge in [-0.2, -0.15) is 0 Å². The standard InChI is InChI=1S/C11H11Cl2N3O2S/c1-19(17,18)5-4-14-10-8-6-7(12)2-3-9(8)15-11(13)16-10/h2-3,6H,4-5H2,1H3,(H,14,15,16). The zero-order chi connectivity index (χ0) is 14.0. The summed E-state index contributed by atoms with van der Waals surface area (Å²) in [7, 11) is -3.03. The lowest BCUT2D eigenvalue weighted by molar-refractivity contribution is 0.602. The molecule has 8 heteroatoms. The van der Waals surface area contributed by atoms with E-state index in [2.05, 4.69) is 15.3 Å². The summed E-state index contributed by atoms with van der Waals surface area (Å²) in [6.45, 7) is 0.244. The summed E-state index contributed by atoms with van der Waals surface area (Å²) in [6.07, 6.45) is 1.18. The summed E-state index contributed by atoms with van der Waals surface area (Å²) < 4.78 is 22.2. The number of rotatable bonds is 4. The Balaban J connectivity index is 2.33. The van der Waals surface area contributed by atoms with Crippen LogP contribution < -0.4 is 5.32 Å². The monoisotopic (exact) mass is 319 g/mol. The molecule has 5 nitrogen and oxygen atoms in total. The van der Waals surface area contributed by atoms with E-state index in [4.69, 9.17) is 23.2 Å². The second-order valence-electron chi connectivity index (χ2n) is 4.06. The average molecular weight is 320 g/mol. The van der Waals surface area contributed by atoms with Crippen LogP contribution in [0.4, 0.5) is 5.82 Å². The third kappa shape index (κ3) is 3.92. The number of hydrogen-bond acceptors (Lipinski definition) is 5. The first-order valence-corrected chi connectivity index (χ1v) is 8.21. The molecule has 1 heterocycles. The van der Waals surface area contributed by atoms with Gasteiger partial charge in [-0.1, -0.05) is 11.6 Å². The van der Waals surface area contributed by atoms with Crippen molar-refractivity contribution in [2.24, 2.45) is 0 Å². The maximum absolute atomic E-state index is 11.1. The predicted octanol–water partition coefficient (Wildman–Crippen LogP) is 2.39. The normalized spacial score (nSPS) is 11.7. The maximum Gasteiger partial charge on any atom is 0.224 e. The fourth-order valence-electron chi connectivity index (χ4n) is 1.56. The Kier molecular flexibility index (Phi) is 4.13. The van der Waals surface area contributed by atoms with Gasteiger partial charge in [0.2, 0.25) is 5.28 Å². The van der Waals surface area contributed by atoms with Crippen molar-refractivity contribution >= 4 is 49.8 Å². The number of hydrogen-bond donors (Lipinski definition) is 1. The molecule has 0 aliphatic rings. The zero-order valence-electron chi connectivity index (χ0n) is 10.0. The highest BCUT2D eigenvalue weighted by Gasteiger charge is 2.08. The maximum atomic E-state index is 11.1. The number of aromatic nitrogens is 2. The van der Waals surface area contributed by atoms with E-state index in [0.717, 1.165) is 0 Å². The van der Waals surface area contributed by atoms with Gasteiger partial charge in [0.15, 0.2) is 0 Å².